The molecule has 0 aliphatic rings. The van der Waals surface area contributed by atoms with Crippen LogP contribution in [0.15, 0.2) is 29.6 Å². The molecule has 0 saturated carbocycles. The first-order chi connectivity index (χ1) is 13.1. The van der Waals surface area contributed by atoms with Crippen LogP contribution in [0.1, 0.15) is 69.4 Å². The van der Waals surface area contributed by atoms with E-state index in [0.29, 0.717) is 31.0 Å². The van der Waals surface area contributed by atoms with Crippen molar-refractivity contribution < 1.29 is 14.3 Å². The Morgan fingerprint density at radius 2 is 1.82 bits per heavy atom. The third kappa shape index (κ3) is 6.44. The van der Waals surface area contributed by atoms with Crippen molar-refractivity contribution in [3.05, 3.63) is 40.9 Å². The lowest BCUT2D eigenvalue weighted by atomic mass is 10.0. The summed E-state index contributed by atoms with van der Waals surface area (Å²) in [4.78, 5) is 30.5. The molecule has 1 amide bonds. The first kappa shape index (κ1) is 22.1. The molecule has 2 rings (SSSR count). The molecule has 0 saturated heterocycles. The summed E-state index contributed by atoms with van der Waals surface area (Å²) in [5, 5.41) is 2.62. The molecular weight excluding hydrogens is 372 g/mol. The van der Waals surface area contributed by atoms with Crippen molar-refractivity contribution in [2.45, 2.75) is 59.0 Å². The second-order valence-corrected chi connectivity index (χ2v) is 9.09. The van der Waals surface area contributed by atoms with E-state index in [2.05, 4.69) is 31.0 Å². The van der Waals surface area contributed by atoms with Gasteiger partial charge in [0.15, 0.2) is 0 Å². The Kier molecular flexibility index (Phi) is 7.35. The molecular formula is C22H30N2O3S. The Labute approximate surface area is 171 Å². The normalized spacial score (nSPS) is 11.5. The molecule has 0 N–H and O–H groups in total. The first-order valence-corrected chi connectivity index (χ1v) is 10.5. The highest BCUT2D eigenvalue weighted by Crippen LogP contribution is 2.26. The van der Waals surface area contributed by atoms with Crippen molar-refractivity contribution in [1.82, 2.24) is 9.88 Å². The fraction of sp³-hybridized carbons (Fsp3) is 0.500. The van der Waals surface area contributed by atoms with Crippen molar-refractivity contribution in [3.8, 4) is 10.6 Å². The summed E-state index contributed by atoms with van der Waals surface area (Å²) in [6.07, 6.45) is 0.851. The summed E-state index contributed by atoms with van der Waals surface area (Å²) in [7, 11) is 1.73. The zero-order chi connectivity index (χ0) is 20.9. The van der Waals surface area contributed by atoms with Gasteiger partial charge in [-0.25, -0.2) is 4.98 Å². The number of rotatable bonds is 7. The number of hydrogen-bond acceptors (Lipinski definition) is 5. The summed E-state index contributed by atoms with van der Waals surface area (Å²) < 4.78 is 5.29. The standard InChI is InChI=1S/C22H30N2O3S/c1-15(2)16-9-11-17(12-10-16)20-23-18(14-28-20)21(26)24(6)13-7-8-19(25)27-22(3,4)5/h9-12,14-15H,7-8,13H2,1-6H3. The van der Waals surface area contributed by atoms with Crippen LogP contribution in [0.2, 0.25) is 0 Å². The smallest absolute Gasteiger partial charge is 0.306 e. The lowest BCUT2D eigenvalue weighted by Gasteiger charge is -2.20. The van der Waals surface area contributed by atoms with E-state index in [-0.39, 0.29) is 11.9 Å². The van der Waals surface area contributed by atoms with E-state index in [0.717, 1.165) is 10.6 Å². The Morgan fingerprint density at radius 3 is 2.39 bits per heavy atom. The summed E-state index contributed by atoms with van der Waals surface area (Å²) in [5.74, 6) is 0.108. The summed E-state index contributed by atoms with van der Waals surface area (Å²) in [6, 6.07) is 8.30. The summed E-state index contributed by atoms with van der Waals surface area (Å²) in [5.41, 5.74) is 2.25. The van der Waals surface area contributed by atoms with Gasteiger partial charge in [0.05, 0.1) is 0 Å². The van der Waals surface area contributed by atoms with Crippen molar-refractivity contribution in [2.75, 3.05) is 13.6 Å². The number of carbonyl (C=O) groups excluding carboxylic acids is 2. The van der Waals surface area contributed by atoms with Crippen molar-refractivity contribution in [1.29, 1.82) is 0 Å². The Hall–Kier alpha value is -2.21. The molecule has 1 aromatic heterocycles. The number of nitrogens with zero attached hydrogens (tertiary/aromatic N) is 2. The highest BCUT2D eigenvalue weighted by molar-refractivity contribution is 7.13. The molecule has 0 unspecified atom stereocenters. The number of esters is 1. The minimum absolute atomic E-state index is 0.134. The SMILES string of the molecule is CC(C)c1ccc(-c2nc(C(=O)N(C)CCCC(=O)OC(C)(C)C)cs2)cc1. The minimum Gasteiger partial charge on any atom is -0.460 e. The number of benzene rings is 1. The van der Waals surface area contributed by atoms with Gasteiger partial charge < -0.3 is 9.64 Å². The van der Waals surface area contributed by atoms with Gasteiger partial charge in [-0.3, -0.25) is 9.59 Å². The van der Waals surface area contributed by atoms with Crippen LogP contribution >= 0.6 is 11.3 Å². The maximum atomic E-state index is 12.6. The summed E-state index contributed by atoms with van der Waals surface area (Å²) >= 11 is 1.46. The number of aromatic nitrogens is 1. The van der Waals surface area contributed by atoms with E-state index in [1.165, 1.54) is 16.9 Å². The number of carbonyl (C=O) groups is 2. The third-order valence-corrected chi connectivity index (χ3v) is 5.08. The molecule has 0 aliphatic heterocycles. The van der Waals surface area contributed by atoms with E-state index >= 15 is 0 Å². The van der Waals surface area contributed by atoms with Gasteiger partial charge in [0.25, 0.3) is 5.91 Å². The fourth-order valence-corrected chi connectivity index (χ4v) is 3.47. The average Bonchev–Trinajstić information content (AvgIpc) is 3.09. The lowest BCUT2D eigenvalue weighted by molar-refractivity contribution is -0.154. The van der Waals surface area contributed by atoms with Crippen LogP contribution in [0, 0.1) is 0 Å². The van der Waals surface area contributed by atoms with Crippen LogP contribution in [0.25, 0.3) is 10.6 Å². The summed E-state index contributed by atoms with van der Waals surface area (Å²) in [6.45, 7) is 10.3. The molecule has 2 aromatic rings. The molecule has 1 aromatic carbocycles. The number of hydrogen-bond donors (Lipinski definition) is 0. The van der Waals surface area contributed by atoms with Crippen molar-refractivity contribution in [2.24, 2.45) is 0 Å². The van der Waals surface area contributed by atoms with Gasteiger partial charge in [-0.15, -0.1) is 11.3 Å². The molecule has 0 spiro atoms. The van der Waals surface area contributed by atoms with E-state index in [1.807, 2.05) is 32.9 Å². The molecule has 0 radical (unpaired) electrons. The van der Waals surface area contributed by atoms with Crippen molar-refractivity contribution >= 4 is 23.2 Å². The van der Waals surface area contributed by atoms with Crippen LogP contribution < -0.4 is 0 Å². The zero-order valence-electron chi connectivity index (χ0n) is 17.6. The van der Waals surface area contributed by atoms with E-state index < -0.39 is 5.60 Å². The van der Waals surface area contributed by atoms with Crippen molar-refractivity contribution in [3.63, 3.8) is 0 Å². The Morgan fingerprint density at radius 1 is 1.18 bits per heavy atom. The van der Waals surface area contributed by atoms with Gasteiger partial charge in [0.1, 0.15) is 16.3 Å². The van der Waals surface area contributed by atoms with Crippen LogP contribution in [0.5, 0.6) is 0 Å². The quantitative estimate of drug-likeness (QED) is 0.603. The highest BCUT2D eigenvalue weighted by Gasteiger charge is 2.18. The number of ether oxygens (including phenoxy) is 1. The zero-order valence-corrected chi connectivity index (χ0v) is 18.4. The number of thiazole rings is 1. The van der Waals surface area contributed by atoms with Crippen LogP contribution in [0.3, 0.4) is 0 Å². The average molecular weight is 403 g/mol. The number of amides is 1. The fourth-order valence-electron chi connectivity index (χ4n) is 2.67. The Bertz CT molecular complexity index is 804. The molecule has 1 heterocycles. The van der Waals surface area contributed by atoms with Gasteiger partial charge in [0, 0.05) is 31.0 Å². The van der Waals surface area contributed by atoms with Gasteiger partial charge in [-0.05, 0) is 38.7 Å². The molecule has 0 atom stereocenters. The molecule has 5 nitrogen and oxygen atoms in total. The highest BCUT2D eigenvalue weighted by atomic mass is 32.1. The van der Waals surface area contributed by atoms with Gasteiger partial charge in [0.2, 0.25) is 0 Å². The van der Waals surface area contributed by atoms with Gasteiger partial charge in [-0.2, -0.15) is 0 Å². The monoisotopic (exact) mass is 402 g/mol. The molecule has 152 valence electrons. The second kappa shape index (κ2) is 9.32. The minimum atomic E-state index is -0.483. The predicted molar refractivity (Wildman–Crippen MR) is 114 cm³/mol. The molecule has 0 aliphatic carbocycles. The van der Waals surface area contributed by atoms with Gasteiger partial charge in [-0.1, -0.05) is 38.1 Å². The van der Waals surface area contributed by atoms with Crippen LogP contribution in [-0.2, 0) is 9.53 Å². The molecule has 0 bridgehead atoms. The first-order valence-electron chi connectivity index (χ1n) is 9.60. The largest absolute Gasteiger partial charge is 0.460 e. The second-order valence-electron chi connectivity index (χ2n) is 8.23. The molecule has 6 heteroatoms. The van der Waals surface area contributed by atoms with Crippen LogP contribution in [0.4, 0.5) is 0 Å². The molecule has 28 heavy (non-hydrogen) atoms. The predicted octanol–water partition coefficient (Wildman–Crippen LogP) is 5.13. The van der Waals surface area contributed by atoms with Crippen LogP contribution in [-0.4, -0.2) is 41.0 Å². The van der Waals surface area contributed by atoms with E-state index in [4.69, 9.17) is 4.74 Å². The molecule has 0 fully saturated rings. The third-order valence-electron chi connectivity index (χ3n) is 4.19. The van der Waals surface area contributed by atoms with E-state index in [1.54, 1.807) is 17.3 Å². The Balaban J connectivity index is 1.91. The maximum Gasteiger partial charge on any atom is 0.306 e. The maximum absolute atomic E-state index is 12.6. The topological polar surface area (TPSA) is 59.5 Å². The lowest BCUT2D eigenvalue weighted by Crippen LogP contribution is -2.29. The van der Waals surface area contributed by atoms with Gasteiger partial charge >= 0.3 is 5.97 Å². The van der Waals surface area contributed by atoms with E-state index in [9.17, 15) is 9.59 Å².